The molecule has 3 aromatic rings. The molecule has 170 valence electrons. The summed E-state index contributed by atoms with van der Waals surface area (Å²) in [4.78, 5) is 32.4. The number of hydrogen-bond donors (Lipinski definition) is 4. The summed E-state index contributed by atoms with van der Waals surface area (Å²) in [5, 5.41) is 19.6. The number of carboxylic acid groups (broad SMARTS) is 1. The van der Waals surface area contributed by atoms with Crippen LogP contribution in [0, 0.1) is 5.92 Å². The van der Waals surface area contributed by atoms with Crippen LogP contribution in [-0.4, -0.2) is 40.0 Å². The molecule has 1 aliphatic heterocycles. The van der Waals surface area contributed by atoms with Gasteiger partial charge in [-0.05, 0) is 61.2 Å². The van der Waals surface area contributed by atoms with Gasteiger partial charge >= 0.3 is 5.97 Å². The fourth-order valence-corrected chi connectivity index (χ4v) is 4.14. The van der Waals surface area contributed by atoms with Gasteiger partial charge in [-0.15, -0.1) is 0 Å². The number of pyridine rings is 2. The second-order valence-corrected chi connectivity index (χ2v) is 8.34. The zero-order valence-electron chi connectivity index (χ0n) is 17.8. The number of carbonyl (C=O) groups is 2. The Balaban J connectivity index is 1.42. The van der Waals surface area contributed by atoms with Crippen molar-refractivity contribution >= 4 is 35.0 Å². The Hall–Kier alpha value is -3.49. The number of hydrogen-bond acceptors (Lipinski definition) is 6. The van der Waals surface area contributed by atoms with Gasteiger partial charge in [-0.2, -0.15) is 0 Å². The van der Waals surface area contributed by atoms with Crippen molar-refractivity contribution in [1.29, 1.82) is 0 Å². The lowest BCUT2D eigenvalue weighted by molar-refractivity contribution is 0.0693. The topological polar surface area (TPSA) is 116 Å². The van der Waals surface area contributed by atoms with Gasteiger partial charge in [0.15, 0.2) is 0 Å². The molecule has 2 unspecified atom stereocenters. The lowest BCUT2D eigenvalue weighted by Crippen LogP contribution is -2.35. The molecule has 0 radical (unpaired) electrons. The van der Waals surface area contributed by atoms with Crippen LogP contribution >= 0.6 is 11.6 Å². The average molecular weight is 466 g/mol. The lowest BCUT2D eigenvalue weighted by Gasteiger charge is -2.31. The number of benzene rings is 1. The summed E-state index contributed by atoms with van der Waals surface area (Å²) in [6.45, 7) is 1.44. The minimum Gasteiger partial charge on any atom is -0.478 e. The molecule has 2 aromatic heterocycles. The Bertz CT molecular complexity index is 1140. The van der Waals surface area contributed by atoms with Gasteiger partial charge in [-0.25, -0.2) is 9.78 Å². The van der Waals surface area contributed by atoms with Crippen molar-refractivity contribution in [3.05, 3.63) is 82.8 Å². The molecule has 1 aliphatic rings. The first-order valence-electron chi connectivity index (χ1n) is 10.7. The smallest absolute Gasteiger partial charge is 0.337 e. The van der Waals surface area contributed by atoms with Gasteiger partial charge < -0.3 is 21.1 Å². The zero-order chi connectivity index (χ0) is 23.2. The molecule has 1 saturated heterocycles. The fraction of sp³-hybridized carbons (Fsp3) is 0.250. The minimum absolute atomic E-state index is 0.0610. The highest BCUT2D eigenvalue weighted by Gasteiger charge is 2.26. The minimum atomic E-state index is -0.977. The van der Waals surface area contributed by atoms with Gasteiger partial charge in [0, 0.05) is 36.9 Å². The monoisotopic (exact) mass is 465 g/mol. The molecular weight excluding hydrogens is 442 g/mol. The van der Waals surface area contributed by atoms with Crippen molar-refractivity contribution in [3.8, 4) is 0 Å². The summed E-state index contributed by atoms with van der Waals surface area (Å²) in [6.07, 6.45) is 6.22. The molecule has 0 aliphatic carbocycles. The van der Waals surface area contributed by atoms with E-state index in [1.165, 1.54) is 12.4 Å². The highest BCUT2D eigenvalue weighted by molar-refractivity contribution is 6.30. The molecule has 3 heterocycles. The summed E-state index contributed by atoms with van der Waals surface area (Å²) in [5.41, 5.74) is 2.22. The molecule has 1 aromatic carbocycles. The number of halogens is 1. The first kappa shape index (κ1) is 22.7. The third-order valence-electron chi connectivity index (χ3n) is 5.69. The Labute approximate surface area is 196 Å². The summed E-state index contributed by atoms with van der Waals surface area (Å²) in [6, 6.07) is 12.3. The number of amides is 1. The number of piperidine rings is 1. The molecule has 8 nitrogen and oxygen atoms in total. The molecule has 0 saturated carbocycles. The number of para-hydroxylation sites is 1. The van der Waals surface area contributed by atoms with E-state index < -0.39 is 5.97 Å². The van der Waals surface area contributed by atoms with Crippen molar-refractivity contribution in [2.45, 2.75) is 18.9 Å². The van der Waals surface area contributed by atoms with E-state index in [0.29, 0.717) is 28.9 Å². The number of aromatic carboxylic acids is 1. The Morgan fingerprint density at radius 3 is 2.76 bits per heavy atom. The third-order valence-corrected chi connectivity index (χ3v) is 5.92. The summed E-state index contributed by atoms with van der Waals surface area (Å²) < 4.78 is 0. The molecule has 4 N–H and O–H groups in total. The first-order chi connectivity index (χ1) is 16.0. The van der Waals surface area contributed by atoms with E-state index in [-0.39, 0.29) is 17.5 Å². The molecule has 4 rings (SSSR count). The van der Waals surface area contributed by atoms with Crippen LogP contribution in [0.2, 0.25) is 5.02 Å². The molecule has 0 spiro atoms. The lowest BCUT2D eigenvalue weighted by atomic mass is 9.87. The van der Waals surface area contributed by atoms with Crippen molar-refractivity contribution in [2.75, 3.05) is 23.7 Å². The third kappa shape index (κ3) is 5.66. The predicted molar refractivity (Wildman–Crippen MR) is 127 cm³/mol. The highest BCUT2D eigenvalue weighted by atomic mass is 35.5. The van der Waals surface area contributed by atoms with E-state index in [1.54, 1.807) is 30.5 Å². The van der Waals surface area contributed by atoms with Crippen molar-refractivity contribution in [2.24, 2.45) is 5.92 Å². The molecule has 33 heavy (non-hydrogen) atoms. The average Bonchev–Trinajstić information content (AvgIpc) is 2.84. The number of anilines is 2. The summed E-state index contributed by atoms with van der Waals surface area (Å²) >= 11 is 5.86. The van der Waals surface area contributed by atoms with Crippen LogP contribution in [0.15, 0.2) is 61.1 Å². The van der Waals surface area contributed by atoms with Crippen LogP contribution in [-0.2, 0) is 0 Å². The Kier molecular flexibility index (Phi) is 7.16. The van der Waals surface area contributed by atoms with Gasteiger partial charge in [0.05, 0.1) is 16.1 Å². The van der Waals surface area contributed by atoms with E-state index in [2.05, 4.69) is 25.9 Å². The molecule has 2 atom stereocenters. The number of nitrogens with zero attached hydrogens (tertiary/aromatic N) is 2. The quantitative estimate of drug-likeness (QED) is 0.412. The van der Waals surface area contributed by atoms with Crippen LogP contribution in [0.25, 0.3) is 0 Å². The van der Waals surface area contributed by atoms with Crippen LogP contribution in [0.5, 0.6) is 0 Å². The van der Waals surface area contributed by atoms with E-state index in [0.717, 1.165) is 30.6 Å². The molecular formula is C24H24ClN5O3. The number of rotatable bonds is 7. The maximum absolute atomic E-state index is 12.8. The van der Waals surface area contributed by atoms with E-state index in [4.69, 9.17) is 11.6 Å². The number of aromatic nitrogens is 2. The predicted octanol–water partition coefficient (Wildman–Crippen LogP) is 4.23. The zero-order valence-corrected chi connectivity index (χ0v) is 18.5. The van der Waals surface area contributed by atoms with Gasteiger partial charge in [0.25, 0.3) is 5.91 Å². The van der Waals surface area contributed by atoms with Crippen LogP contribution < -0.4 is 16.0 Å². The van der Waals surface area contributed by atoms with Crippen molar-refractivity contribution in [3.63, 3.8) is 0 Å². The Morgan fingerprint density at radius 1 is 1.12 bits per heavy atom. The van der Waals surface area contributed by atoms with Crippen molar-refractivity contribution in [1.82, 2.24) is 15.3 Å². The fourth-order valence-electron chi connectivity index (χ4n) is 4.03. The Morgan fingerprint density at radius 2 is 1.97 bits per heavy atom. The van der Waals surface area contributed by atoms with Gasteiger partial charge in [0.2, 0.25) is 0 Å². The van der Waals surface area contributed by atoms with Crippen LogP contribution in [0.4, 0.5) is 11.5 Å². The number of carboxylic acids is 1. The van der Waals surface area contributed by atoms with Crippen LogP contribution in [0.1, 0.15) is 45.2 Å². The van der Waals surface area contributed by atoms with Gasteiger partial charge in [-0.3, -0.25) is 9.78 Å². The maximum Gasteiger partial charge on any atom is 0.337 e. The van der Waals surface area contributed by atoms with Gasteiger partial charge in [0.1, 0.15) is 5.82 Å². The normalized spacial score (nSPS) is 17.8. The largest absolute Gasteiger partial charge is 0.478 e. The maximum atomic E-state index is 12.8. The van der Waals surface area contributed by atoms with E-state index in [9.17, 15) is 14.7 Å². The second-order valence-electron chi connectivity index (χ2n) is 7.91. The highest BCUT2D eigenvalue weighted by Crippen LogP contribution is 2.30. The number of nitrogens with one attached hydrogen (secondary N) is 3. The van der Waals surface area contributed by atoms with Crippen LogP contribution in [0.3, 0.4) is 0 Å². The molecule has 9 heteroatoms. The standard InChI is InChI=1S/C24H24ClN5O3/c25-16-5-6-22(29-13-16)30-23(31)18-3-1-2-4-20(18)28-12-15-7-10-27-21(11-15)17-8-9-26-14-19(17)24(32)33/h1-6,8-9,13-15,21,27-28H,7,10-12H2,(H,32,33)(H,29,30,31). The molecule has 0 bridgehead atoms. The SMILES string of the molecule is O=C(Nc1ccc(Cl)cn1)c1ccccc1NCC1CCNC(c2ccncc2C(=O)O)C1. The summed E-state index contributed by atoms with van der Waals surface area (Å²) in [5.74, 6) is -0.513. The van der Waals surface area contributed by atoms with E-state index in [1.807, 2.05) is 18.2 Å². The van der Waals surface area contributed by atoms with Gasteiger partial charge in [-0.1, -0.05) is 23.7 Å². The number of carbonyl (C=O) groups excluding carboxylic acids is 1. The summed E-state index contributed by atoms with van der Waals surface area (Å²) in [7, 11) is 0. The molecule has 1 fully saturated rings. The molecule has 1 amide bonds. The van der Waals surface area contributed by atoms with Crippen molar-refractivity contribution < 1.29 is 14.7 Å². The second kappa shape index (κ2) is 10.4. The first-order valence-corrected chi connectivity index (χ1v) is 11.1. The van der Waals surface area contributed by atoms with E-state index >= 15 is 0 Å².